The van der Waals surface area contributed by atoms with Gasteiger partial charge in [-0.1, -0.05) is 12.1 Å². The van der Waals surface area contributed by atoms with Crippen molar-refractivity contribution in [1.29, 1.82) is 0 Å². The van der Waals surface area contributed by atoms with Gasteiger partial charge in [-0.25, -0.2) is 0 Å². The summed E-state index contributed by atoms with van der Waals surface area (Å²) in [7, 11) is 1.60. The van der Waals surface area contributed by atoms with Gasteiger partial charge in [0, 0.05) is 13.1 Å². The second-order valence-electron chi connectivity index (χ2n) is 5.87. The van der Waals surface area contributed by atoms with Crippen LogP contribution < -0.4 is 4.74 Å². The fraction of sp³-hybridized carbons (Fsp3) is 0.500. The average Bonchev–Trinajstić information content (AvgIpc) is 2.90. The number of carbonyl (C=O) groups excluding carboxylic acids is 1. The van der Waals surface area contributed by atoms with Gasteiger partial charge in [0.15, 0.2) is 0 Å². The molecule has 21 heavy (non-hydrogen) atoms. The average molecular weight is 291 g/mol. The molecule has 2 atom stereocenters. The molecule has 0 bridgehead atoms. The molecule has 1 aromatic rings. The Hall–Kier alpha value is -2.04. The van der Waals surface area contributed by atoms with Crippen LogP contribution >= 0.6 is 0 Å². The van der Waals surface area contributed by atoms with Crippen molar-refractivity contribution in [2.24, 2.45) is 5.41 Å². The molecule has 1 amide bonds. The van der Waals surface area contributed by atoms with Gasteiger partial charge >= 0.3 is 5.97 Å². The van der Waals surface area contributed by atoms with E-state index >= 15 is 0 Å². The van der Waals surface area contributed by atoms with Crippen molar-refractivity contribution < 1.29 is 19.4 Å². The molecule has 0 aromatic heterocycles. The molecule has 1 aliphatic heterocycles. The Kier molecular flexibility index (Phi) is 4.21. The zero-order valence-corrected chi connectivity index (χ0v) is 12.6. The van der Waals surface area contributed by atoms with Gasteiger partial charge in [0.2, 0.25) is 5.91 Å². The molecule has 0 saturated carbocycles. The Bertz CT molecular complexity index is 540. The standard InChI is InChI=1S/C16H21NO4/c1-11(12-4-6-13(21-3)7-5-12)14(18)17-9-8-16(2,10-17)15(19)20/h4-7,11H,8-10H2,1-3H3,(H,19,20). The first kappa shape index (κ1) is 15.4. The van der Waals surface area contributed by atoms with Gasteiger partial charge in [0.05, 0.1) is 18.4 Å². The molecule has 0 aliphatic carbocycles. The summed E-state index contributed by atoms with van der Waals surface area (Å²) in [6.45, 7) is 4.32. The Morgan fingerprint density at radius 2 is 1.95 bits per heavy atom. The van der Waals surface area contributed by atoms with Crippen molar-refractivity contribution in [3.8, 4) is 5.75 Å². The van der Waals surface area contributed by atoms with E-state index in [0.29, 0.717) is 13.0 Å². The van der Waals surface area contributed by atoms with E-state index in [-0.39, 0.29) is 18.4 Å². The molecular formula is C16H21NO4. The van der Waals surface area contributed by atoms with E-state index in [0.717, 1.165) is 11.3 Å². The van der Waals surface area contributed by atoms with Gasteiger partial charge in [-0.05, 0) is 38.0 Å². The monoisotopic (exact) mass is 291 g/mol. The minimum absolute atomic E-state index is 0.0230. The number of hydrogen-bond donors (Lipinski definition) is 1. The Morgan fingerprint density at radius 3 is 2.43 bits per heavy atom. The summed E-state index contributed by atoms with van der Waals surface area (Å²) in [5, 5.41) is 9.23. The molecule has 5 nitrogen and oxygen atoms in total. The van der Waals surface area contributed by atoms with Crippen LogP contribution in [0.15, 0.2) is 24.3 Å². The number of aliphatic carboxylic acids is 1. The molecule has 1 aromatic carbocycles. The van der Waals surface area contributed by atoms with Crippen molar-refractivity contribution in [2.75, 3.05) is 20.2 Å². The highest BCUT2D eigenvalue weighted by molar-refractivity contribution is 5.85. The van der Waals surface area contributed by atoms with Crippen LogP contribution in [0, 0.1) is 5.41 Å². The van der Waals surface area contributed by atoms with Crippen LogP contribution in [0.1, 0.15) is 31.7 Å². The van der Waals surface area contributed by atoms with Crippen molar-refractivity contribution in [2.45, 2.75) is 26.2 Å². The third-order valence-corrected chi connectivity index (χ3v) is 4.29. The summed E-state index contributed by atoms with van der Waals surface area (Å²) in [5.74, 6) is -0.398. The van der Waals surface area contributed by atoms with Gasteiger partial charge < -0.3 is 14.7 Å². The molecule has 1 fully saturated rings. The Balaban J connectivity index is 2.07. The van der Waals surface area contributed by atoms with Crippen molar-refractivity contribution in [1.82, 2.24) is 4.90 Å². The topological polar surface area (TPSA) is 66.8 Å². The highest BCUT2D eigenvalue weighted by atomic mass is 16.5. The largest absolute Gasteiger partial charge is 0.497 e. The lowest BCUT2D eigenvalue weighted by Crippen LogP contribution is -2.36. The summed E-state index contributed by atoms with van der Waals surface area (Å²) >= 11 is 0. The number of hydrogen-bond acceptors (Lipinski definition) is 3. The normalized spacial score (nSPS) is 22.9. The molecule has 1 aliphatic rings. The second-order valence-corrected chi connectivity index (χ2v) is 5.87. The first-order valence-electron chi connectivity index (χ1n) is 7.03. The van der Waals surface area contributed by atoms with E-state index in [1.165, 1.54) is 0 Å². The van der Waals surface area contributed by atoms with Crippen molar-refractivity contribution in [3.63, 3.8) is 0 Å². The molecular weight excluding hydrogens is 270 g/mol. The van der Waals surface area contributed by atoms with Crippen LogP contribution in [0.25, 0.3) is 0 Å². The quantitative estimate of drug-likeness (QED) is 0.922. The van der Waals surface area contributed by atoms with Crippen LogP contribution in [0.4, 0.5) is 0 Å². The van der Waals surface area contributed by atoms with Gasteiger partial charge in [-0.15, -0.1) is 0 Å². The maximum absolute atomic E-state index is 12.5. The predicted molar refractivity (Wildman–Crippen MR) is 78.3 cm³/mol. The van der Waals surface area contributed by atoms with Gasteiger partial charge in [0.1, 0.15) is 5.75 Å². The lowest BCUT2D eigenvalue weighted by Gasteiger charge is -2.23. The molecule has 1 saturated heterocycles. The van der Waals surface area contributed by atoms with Crippen molar-refractivity contribution >= 4 is 11.9 Å². The fourth-order valence-electron chi connectivity index (χ4n) is 2.63. The minimum atomic E-state index is -0.838. The molecule has 5 heteroatoms. The van der Waals surface area contributed by atoms with Crippen LogP contribution in [0.2, 0.25) is 0 Å². The zero-order chi connectivity index (χ0) is 15.6. The van der Waals surface area contributed by atoms with E-state index in [4.69, 9.17) is 4.74 Å². The van der Waals surface area contributed by atoms with Gasteiger partial charge in [-0.2, -0.15) is 0 Å². The first-order chi connectivity index (χ1) is 9.87. The molecule has 2 unspecified atom stereocenters. The highest BCUT2D eigenvalue weighted by Gasteiger charge is 2.42. The maximum atomic E-state index is 12.5. The molecule has 1 heterocycles. The molecule has 0 radical (unpaired) electrons. The lowest BCUT2D eigenvalue weighted by molar-refractivity contribution is -0.147. The summed E-state index contributed by atoms with van der Waals surface area (Å²) < 4.78 is 5.10. The van der Waals surface area contributed by atoms with Crippen LogP contribution in [-0.2, 0) is 9.59 Å². The van der Waals surface area contributed by atoms with E-state index in [2.05, 4.69) is 0 Å². The number of methoxy groups -OCH3 is 1. The molecule has 2 rings (SSSR count). The summed E-state index contributed by atoms with van der Waals surface area (Å²) in [4.78, 5) is 25.4. The zero-order valence-electron chi connectivity index (χ0n) is 12.6. The second kappa shape index (κ2) is 5.76. The van der Waals surface area contributed by atoms with E-state index in [9.17, 15) is 14.7 Å². The Labute approximate surface area is 124 Å². The van der Waals surface area contributed by atoms with Crippen LogP contribution in [-0.4, -0.2) is 42.1 Å². The number of carboxylic acid groups (broad SMARTS) is 1. The number of carboxylic acids is 1. The van der Waals surface area contributed by atoms with E-state index in [1.54, 1.807) is 18.9 Å². The number of likely N-dealkylation sites (tertiary alicyclic amines) is 1. The number of amides is 1. The number of benzene rings is 1. The number of carbonyl (C=O) groups is 2. The lowest BCUT2D eigenvalue weighted by atomic mass is 9.90. The SMILES string of the molecule is COc1ccc(C(C)C(=O)N2CCC(C)(C(=O)O)C2)cc1. The maximum Gasteiger partial charge on any atom is 0.311 e. The smallest absolute Gasteiger partial charge is 0.311 e. The number of nitrogens with zero attached hydrogens (tertiary/aromatic N) is 1. The van der Waals surface area contributed by atoms with Gasteiger partial charge in [-0.3, -0.25) is 9.59 Å². The first-order valence-corrected chi connectivity index (χ1v) is 7.03. The van der Waals surface area contributed by atoms with Crippen molar-refractivity contribution in [3.05, 3.63) is 29.8 Å². The van der Waals surface area contributed by atoms with Crippen LogP contribution in [0.3, 0.4) is 0 Å². The highest BCUT2D eigenvalue weighted by Crippen LogP contribution is 2.32. The van der Waals surface area contributed by atoms with Gasteiger partial charge in [0.25, 0.3) is 0 Å². The Morgan fingerprint density at radius 1 is 1.33 bits per heavy atom. The third kappa shape index (κ3) is 3.01. The minimum Gasteiger partial charge on any atom is -0.497 e. The summed E-state index contributed by atoms with van der Waals surface area (Å²) in [6, 6.07) is 7.39. The van der Waals surface area contributed by atoms with E-state index < -0.39 is 11.4 Å². The fourth-order valence-corrected chi connectivity index (χ4v) is 2.63. The molecule has 114 valence electrons. The van der Waals surface area contributed by atoms with Crippen LogP contribution in [0.5, 0.6) is 5.75 Å². The summed E-state index contributed by atoms with van der Waals surface area (Å²) in [5.41, 5.74) is 0.0830. The van der Waals surface area contributed by atoms with E-state index in [1.807, 2.05) is 31.2 Å². The predicted octanol–water partition coefficient (Wildman–Crippen LogP) is 2.12. The molecule has 1 N–H and O–H groups in total. The third-order valence-electron chi connectivity index (χ3n) is 4.29. The number of rotatable bonds is 4. The molecule has 0 spiro atoms. The summed E-state index contributed by atoms with van der Waals surface area (Å²) in [6.07, 6.45) is 0.503. The number of ether oxygens (including phenoxy) is 1.